The summed E-state index contributed by atoms with van der Waals surface area (Å²) in [4.78, 5) is 0. The van der Waals surface area contributed by atoms with Crippen LogP contribution in [0.3, 0.4) is 0 Å². The van der Waals surface area contributed by atoms with Crippen LogP contribution in [0.25, 0.3) is 11.1 Å². The third kappa shape index (κ3) is 2.22. The molecular weight excluding hydrogens is 210 g/mol. The van der Waals surface area contributed by atoms with Gasteiger partial charge in [-0.05, 0) is 30.8 Å². The summed E-state index contributed by atoms with van der Waals surface area (Å²) in [6.07, 6.45) is 1.70. The smallest absolute Gasteiger partial charge is 0.125 e. The summed E-state index contributed by atoms with van der Waals surface area (Å²) in [5.41, 5.74) is 2.24. The zero-order chi connectivity index (χ0) is 10.7. The van der Waals surface area contributed by atoms with Crippen molar-refractivity contribution in [1.29, 1.82) is 0 Å². The zero-order valence-electron chi connectivity index (χ0n) is 8.46. The van der Waals surface area contributed by atoms with E-state index in [4.69, 9.17) is 16.0 Å². The molecule has 0 fully saturated rings. The molecule has 0 radical (unpaired) electrons. The van der Waals surface area contributed by atoms with Gasteiger partial charge in [-0.3, -0.25) is 0 Å². The van der Waals surface area contributed by atoms with Crippen LogP contribution in [0.5, 0.6) is 0 Å². The summed E-state index contributed by atoms with van der Waals surface area (Å²) in [7, 11) is 1.90. The van der Waals surface area contributed by atoms with Crippen molar-refractivity contribution in [2.24, 2.45) is 0 Å². The molecule has 0 aliphatic rings. The summed E-state index contributed by atoms with van der Waals surface area (Å²) in [6, 6.07) is 9.72. The highest BCUT2D eigenvalue weighted by Crippen LogP contribution is 2.25. The minimum atomic E-state index is 0.727. The summed E-state index contributed by atoms with van der Waals surface area (Å²) in [5.74, 6) is 0.944. The maximum atomic E-state index is 5.84. The fourth-order valence-corrected chi connectivity index (χ4v) is 1.65. The Kier molecular flexibility index (Phi) is 3.09. The van der Waals surface area contributed by atoms with Crippen LogP contribution < -0.4 is 5.32 Å². The number of benzene rings is 1. The molecule has 0 atom stereocenters. The van der Waals surface area contributed by atoms with Crippen molar-refractivity contribution in [2.45, 2.75) is 6.54 Å². The van der Waals surface area contributed by atoms with Gasteiger partial charge in [0.05, 0.1) is 12.8 Å². The van der Waals surface area contributed by atoms with Gasteiger partial charge in [-0.1, -0.05) is 23.7 Å². The molecule has 1 aromatic heterocycles. The Balaban J connectivity index is 2.36. The maximum absolute atomic E-state index is 5.84. The van der Waals surface area contributed by atoms with Crippen molar-refractivity contribution in [3.8, 4) is 11.1 Å². The molecule has 78 valence electrons. The predicted octanol–water partition coefficient (Wildman–Crippen LogP) is 3.32. The molecule has 0 bridgehead atoms. The molecule has 1 heterocycles. The summed E-state index contributed by atoms with van der Waals surface area (Å²) < 4.78 is 5.39. The Morgan fingerprint density at radius 2 is 1.93 bits per heavy atom. The Hall–Kier alpha value is -1.25. The van der Waals surface area contributed by atoms with Gasteiger partial charge in [0, 0.05) is 10.6 Å². The molecule has 2 rings (SSSR count). The second-order valence-corrected chi connectivity index (χ2v) is 3.73. The van der Waals surface area contributed by atoms with Gasteiger partial charge in [-0.15, -0.1) is 0 Å². The fraction of sp³-hybridized carbons (Fsp3) is 0.167. The van der Waals surface area contributed by atoms with Gasteiger partial charge in [0.15, 0.2) is 0 Å². The van der Waals surface area contributed by atoms with Crippen LogP contribution in [0, 0.1) is 0 Å². The Morgan fingerprint density at radius 1 is 1.20 bits per heavy atom. The van der Waals surface area contributed by atoms with Crippen LogP contribution in [0.2, 0.25) is 5.02 Å². The number of nitrogens with one attached hydrogen (secondary N) is 1. The molecule has 1 N–H and O–H groups in total. The first-order valence-corrected chi connectivity index (χ1v) is 5.16. The van der Waals surface area contributed by atoms with Crippen LogP contribution in [0.4, 0.5) is 0 Å². The molecule has 0 saturated heterocycles. The lowest BCUT2D eigenvalue weighted by atomic mass is 10.1. The maximum Gasteiger partial charge on any atom is 0.125 e. The summed E-state index contributed by atoms with van der Waals surface area (Å²) in [6.45, 7) is 0.727. The Morgan fingerprint density at radius 3 is 2.60 bits per heavy atom. The van der Waals surface area contributed by atoms with Gasteiger partial charge >= 0.3 is 0 Å². The lowest BCUT2D eigenvalue weighted by Gasteiger charge is -2.02. The predicted molar refractivity (Wildman–Crippen MR) is 61.9 cm³/mol. The van der Waals surface area contributed by atoms with Gasteiger partial charge in [0.2, 0.25) is 0 Å². The van der Waals surface area contributed by atoms with E-state index in [9.17, 15) is 0 Å². The minimum absolute atomic E-state index is 0.727. The molecule has 0 aliphatic carbocycles. The molecule has 0 aliphatic heterocycles. The van der Waals surface area contributed by atoms with E-state index in [-0.39, 0.29) is 0 Å². The van der Waals surface area contributed by atoms with Gasteiger partial charge in [0.1, 0.15) is 5.76 Å². The van der Waals surface area contributed by atoms with E-state index in [0.29, 0.717) is 0 Å². The zero-order valence-corrected chi connectivity index (χ0v) is 9.21. The van der Waals surface area contributed by atoms with Crippen molar-refractivity contribution in [3.05, 3.63) is 47.4 Å². The van der Waals surface area contributed by atoms with E-state index >= 15 is 0 Å². The van der Waals surface area contributed by atoms with Gasteiger partial charge in [0.25, 0.3) is 0 Å². The lowest BCUT2D eigenvalue weighted by Crippen LogP contribution is -2.04. The van der Waals surface area contributed by atoms with Gasteiger partial charge in [-0.25, -0.2) is 0 Å². The van der Waals surface area contributed by atoms with Crippen molar-refractivity contribution in [2.75, 3.05) is 7.05 Å². The standard InChI is InChI=1S/C12H12ClNO/c1-14-8-12-11(6-7-15-12)9-2-4-10(13)5-3-9/h2-7,14H,8H2,1H3. The van der Waals surface area contributed by atoms with E-state index in [2.05, 4.69) is 5.32 Å². The average Bonchev–Trinajstić information content (AvgIpc) is 2.68. The first-order valence-electron chi connectivity index (χ1n) is 4.78. The molecule has 1 aromatic carbocycles. The van der Waals surface area contributed by atoms with E-state index < -0.39 is 0 Å². The SMILES string of the molecule is CNCc1occc1-c1ccc(Cl)cc1. The van der Waals surface area contributed by atoms with Crippen LogP contribution in [-0.4, -0.2) is 7.05 Å². The summed E-state index contributed by atoms with van der Waals surface area (Å²) in [5, 5.41) is 3.82. The average molecular weight is 222 g/mol. The summed E-state index contributed by atoms with van der Waals surface area (Å²) >= 11 is 5.84. The van der Waals surface area contributed by atoms with E-state index in [1.165, 1.54) is 0 Å². The fourth-order valence-electron chi connectivity index (χ4n) is 1.52. The van der Waals surface area contributed by atoms with Crippen LogP contribution in [0.1, 0.15) is 5.76 Å². The molecule has 0 unspecified atom stereocenters. The first-order chi connectivity index (χ1) is 7.31. The van der Waals surface area contributed by atoms with Crippen molar-refractivity contribution in [3.63, 3.8) is 0 Å². The molecular formula is C12H12ClNO. The molecule has 0 saturated carbocycles. The third-order valence-electron chi connectivity index (χ3n) is 2.24. The highest BCUT2D eigenvalue weighted by Gasteiger charge is 2.07. The number of hydrogen-bond acceptors (Lipinski definition) is 2. The van der Waals surface area contributed by atoms with E-state index in [1.54, 1.807) is 6.26 Å². The van der Waals surface area contributed by atoms with E-state index in [1.807, 2.05) is 37.4 Å². The molecule has 2 nitrogen and oxygen atoms in total. The lowest BCUT2D eigenvalue weighted by molar-refractivity contribution is 0.497. The molecule has 0 amide bonds. The number of rotatable bonds is 3. The molecule has 15 heavy (non-hydrogen) atoms. The number of halogens is 1. The van der Waals surface area contributed by atoms with Gasteiger partial charge in [-0.2, -0.15) is 0 Å². The Labute approximate surface area is 93.9 Å². The van der Waals surface area contributed by atoms with E-state index in [0.717, 1.165) is 28.5 Å². The topological polar surface area (TPSA) is 25.2 Å². The van der Waals surface area contributed by atoms with Crippen LogP contribution in [-0.2, 0) is 6.54 Å². The Bertz CT molecular complexity index is 433. The largest absolute Gasteiger partial charge is 0.467 e. The number of hydrogen-bond donors (Lipinski definition) is 1. The highest BCUT2D eigenvalue weighted by molar-refractivity contribution is 6.30. The first kappa shape index (κ1) is 10.3. The van der Waals surface area contributed by atoms with Crippen LogP contribution >= 0.6 is 11.6 Å². The third-order valence-corrected chi connectivity index (χ3v) is 2.49. The van der Waals surface area contributed by atoms with Crippen molar-refractivity contribution < 1.29 is 4.42 Å². The second kappa shape index (κ2) is 4.51. The highest BCUT2D eigenvalue weighted by atomic mass is 35.5. The molecule has 2 aromatic rings. The van der Waals surface area contributed by atoms with Crippen LogP contribution in [0.15, 0.2) is 41.0 Å². The van der Waals surface area contributed by atoms with Crippen molar-refractivity contribution in [1.82, 2.24) is 5.32 Å². The number of furan rings is 1. The molecule has 0 spiro atoms. The second-order valence-electron chi connectivity index (χ2n) is 3.29. The normalized spacial score (nSPS) is 10.5. The van der Waals surface area contributed by atoms with Gasteiger partial charge < -0.3 is 9.73 Å². The monoisotopic (exact) mass is 221 g/mol. The minimum Gasteiger partial charge on any atom is -0.467 e. The van der Waals surface area contributed by atoms with Crippen molar-refractivity contribution >= 4 is 11.6 Å². The quantitative estimate of drug-likeness (QED) is 0.860. The molecule has 3 heteroatoms.